The summed E-state index contributed by atoms with van der Waals surface area (Å²) in [4.78, 5) is 14.1. The SMILES string of the molecule is CC(O)C(C)C(=O)O.CCc1cc(Cl)c(C[C@@H]2c3cccc(-c4ccccc4F)c3CC2F)cc1OCc1cncc(C#N)c1. The summed E-state index contributed by atoms with van der Waals surface area (Å²) in [5.41, 5.74) is 5.98. The van der Waals surface area contributed by atoms with Crippen molar-refractivity contribution in [1.29, 1.82) is 5.26 Å². The van der Waals surface area contributed by atoms with Gasteiger partial charge in [-0.3, -0.25) is 9.78 Å². The smallest absolute Gasteiger partial charge is 0.308 e. The standard InChI is InChI=1S/C31H25ClF2N2O.C5H10O3/c1-2-21-12-28(32)22(13-31(21)37-18-20-10-19(15-35)16-36-17-20)11-27-24-8-5-7-23(26(24)14-30(27)34)25-6-3-4-9-29(25)33;1-3(4(2)6)5(7)8/h3-10,12-13,16-17,27,30H,2,11,14,18H2,1H3;3-4,6H,1-2H3,(H,7,8)/t27-,30?;/m1./s1. The number of carboxylic acids is 1. The van der Waals surface area contributed by atoms with Crippen molar-refractivity contribution in [2.45, 2.75) is 64.8 Å². The zero-order valence-corrected chi connectivity index (χ0v) is 26.1. The Bertz CT molecular complexity index is 1710. The average molecular weight is 633 g/mol. The number of hydrogen-bond acceptors (Lipinski definition) is 5. The predicted molar refractivity (Wildman–Crippen MR) is 169 cm³/mol. The number of ether oxygens (including phenoxy) is 1. The minimum Gasteiger partial charge on any atom is -0.489 e. The van der Waals surface area contributed by atoms with Crippen molar-refractivity contribution < 1.29 is 28.5 Å². The van der Waals surface area contributed by atoms with Crippen LogP contribution in [-0.2, 0) is 30.7 Å². The topological polar surface area (TPSA) is 103 Å². The number of nitriles is 1. The number of aliphatic hydroxyl groups is 1. The normalized spacial score (nSPS) is 16.5. The van der Waals surface area contributed by atoms with Crippen LogP contribution in [0.1, 0.15) is 60.1 Å². The van der Waals surface area contributed by atoms with Gasteiger partial charge in [0.1, 0.15) is 30.4 Å². The Kier molecular flexibility index (Phi) is 11.3. The molecule has 0 fully saturated rings. The number of halogens is 3. The molecule has 5 rings (SSSR count). The van der Waals surface area contributed by atoms with Gasteiger partial charge in [-0.1, -0.05) is 54.9 Å². The van der Waals surface area contributed by atoms with E-state index < -0.39 is 30.1 Å². The summed E-state index contributed by atoms with van der Waals surface area (Å²) in [6, 6.07) is 19.9. The maximum absolute atomic E-state index is 15.5. The maximum atomic E-state index is 15.5. The van der Waals surface area contributed by atoms with Crippen LogP contribution in [0.5, 0.6) is 5.75 Å². The van der Waals surface area contributed by atoms with E-state index in [1.54, 1.807) is 30.5 Å². The summed E-state index contributed by atoms with van der Waals surface area (Å²) in [6.07, 6.45) is 2.67. The molecule has 45 heavy (non-hydrogen) atoms. The van der Waals surface area contributed by atoms with Gasteiger partial charge in [0.05, 0.1) is 17.6 Å². The fourth-order valence-corrected chi connectivity index (χ4v) is 5.58. The number of aromatic nitrogens is 1. The number of hydrogen-bond donors (Lipinski definition) is 2. The van der Waals surface area contributed by atoms with Crippen molar-refractivity contribution in [1.82, 2.24) is 4.98 Å². The van der Waals surface area contributed by atoms with E-state index in [2.05, 4.69) is 11.1 Å². The van der Waals surface area contributed by atoms with Gasteiger partial charge in [0, 0.05) is 40.9 Å². The fraction of sp³-hybridized carbons (Fsp3) is 0.306. The molecule has 4 aromatic rings. The lowest BCUT2D eigenvalue weighted by Gasteiger charge is -2.19. The van der Waals surface area contributed by atoms with Crippen molar-refractivity contribution in [3.8, 4) is 22.9 Å². The van der Waals surface area contributed by atoms with Gasteiger partial charge in [0.2, 0.25) is 0 Å². The number of aliphatic carboxylic acids is 1. The van der Waals surface area contributed by atoms with E-state index in [4.69, 9.17) is 31.8 Å². The molecule has 0 amide bonds. The third-order valence-electron chi connectivity index (χ3n) is 8.09. The molecule has 0 saturated heterocycles. The van der Waals surface area contributed by atoms with Gasteiger partial charge in [-0.25, -0.2) is 8.78 Å². The highest BCUT2D eigenvalue weighted by molar-refractivity contribution is 6.31. The number of aryl methyl sites for hydroxylation is 1. The van der Waals surface area contributed by atoms with Crippen molar-refractivity contribution in [3.05, 3.63) is 117 Å². The largest absolute Gasteiger partial charge is 0.489 e. The van der Waals surface area contributed by atoms with E-state index >= 15 is 4.39 Å². The van der Waals surface area contributed by atoms with Gasteiger partial charge >= 0.3 is 5.97 Å². The van der Waals surface area contributed by atoms with E-state index in [1.165, 1.54) is 26.1 Å². The molecular weight excluding hydrogens is 598 g/mol. The lowest BCUT2D eigenvalue weighted by molar-refractivity contribution is -0.144. The molecule has 6 nitrogen and oxygen atoms in total. The number of pyridine rings is 1. The average Bonchev–Trinajstić information content (AvgIpc) is 3.35. The summed E-state index contributed by atoms with van der Waals surface area (Å²) < 4.78 is 36.1. The molecule has 4 atom stereocenters. The van der Waals surface area contributed by atoms with Gasteiger partial charge < -0.3 is 14.9 Å². The molecule has 1 heterocycles. The van der Waals surface area contributed by atoms with Crippen LogP contribution in [0.2, 0.25) is 5.02 Å². The second-order valence-electron chi connectivity index (χ2n) is 11.1. The number of benzene rings is 3. The van der Waals surface area contributed by atoms with Crippen LogP contribution >= 0.6 is 11.6 Å². The minimum atomic E-state index is -1.10. The Hall–Kier alpha value is -4.32. The highest BCUT2D eigenvalue weighted by Crippen LogP contribution is 2.44. The quantitative estimate of drug-likeness (QED) is 0.195. The zero-order chi connectivity index (χ0) is 32.7. The van der Waals surface area contributed by atoms with E-state index in [0.29, 0.717) is 28.3 Å². The first-order valence-electron chi connectivity index (χ1n) is 14.7. The first-order chi connectivity index (χ1) is 21.5. The fourth-order valence-electron chi connectivity index (χ4n) is 5.32. The number of fused-ring (bicyclic) bond motifs is 1. The number of rotatable bonds is 9. The van der Waals surface area contributed by atoms with Gasteiger partial charge in [0.25, 0.3) is 0 Å². The first-order valence-corrected chi connectivity index (χ1v) is 15.1. The Morgan fingerprint density at radius 2 is 1.84 bits per heavy atom. The van der Waals surface area contributed by atoms with Crippen molar-refractivity contribution in [3.63, 3.8) is 0 Å². The zero-order valence-electron chi connectivity index (χ0n) is 25.3. The van der Waals surface area contributed by atoms with Gasteiger partial charge in [-0.15, -0.1) is 0 Å². The van der Waals surface area contributed by atoms with Crippen molar-refractivity contribution >= 4 is 17.6 Å². The summed E-state index contributed by atoms with van der Waals surface area (Å²) >= 11 is 6.66. The third kappa shape index (κ3) is 8.05. The Morgan fingerprint density at radius 3 is 2.49 bits per heavy atom. The van der Waals surface area contributed by atoms with Gasteiger partial charge in [-0.05, 0) is 78.8 Å². The Balaban J connectivity index is 0.000000510. The van der Waals surface area contributed by atoms with E-state index in [1.807, 2.05) is 37.3 Å². The van der Waals surface area contributed by atoms with Crippen LogP contribution in [0.25, 0.3) is 11.1 Å². The van der Waals surface area contributed by atoms with Crippen LogP contribution in [-0.4, -0.2) is 33.4 Å². The Morgan fingerprint density at radius 1 is 1.11 bits per heavy atom. The first kappa shape index (κ1) is 33.6. The second kappa shape index (κ2) is 15.1. The van der Waals surface area contributed by atoms with E-state index in [-0.39, 0.29) is 18.8 Å². The number of nitrogens with zero attached hydrogens (tertiary/aromatic N) is 2. The van der Waals surface area contributed by atoms with Crippen LogP contribution in [0.15, 0.2) is 73.1 Å². The van der Waals surface area contributed by atoms with Crippen LogP contribution < -0.4 is 4.74 Å². The van der Waals surface area contributed by atoms with Crippen molar-refractivity contribution in [2.24, 2.45) is 5.92 Å². The molecule has 3 unspecified atom stereocenters. The summed E-state index contributed by atoms with van der Waals surface area (Å²) in [5, 5.41) is 26.5. The summed E-state index contributed by atoms with van der Waals surface area (Å²) in [6.45, 7) is 5.19. The molecule has 2 N–H and O–H groups in total. The Labute approximate surface area is 266 Å². The molecule has 1 aliphatic rings. The van der Waals surface area contributed by atoms with Crippen LogP contribution in [0, 0.1) is 23.1 Å². The number of carbonyl (C=O) groups is 1. The maximum Gasteiger partial charge on any atom is 0.308 e. The monoisotopic (exact) mass is 632 g/mol. The third-order valence-corrected chi connectivity index (χ3v) is 8.45. The summed E-state index contributed by atoms with van der Waals surface area (Å²) in [7, 11) is 0. The molecule has 234 valence electrons. The molecular formula is C36H35ClF2N2O4. The van der Waals surface area contributed by atoms with Crippen LogP contribution in [0.4, 0.5) is 8.78 Å². The van der Waals surface area contributed by atoms with Gasteiger partial charge in [-0.2, -0.15) is 5.26 Å². The predicted octanol–water partition coefficient (Wildman–Crippen LogP) is 7.86. The molecule has 0 aliphatic heterocycles. The molecule has 1 aliphatic carbocycles. The highest BCUT2D eigenvalue weighted by atomic mass is 35.5. The lowest BCUT2D eigenvalue weighted by Crippen LogP contribution is -2.21. The second-order valence-corrected chi connectivity index (χ2v) is 11.5. The van der Waals surface area contributed by atoms with Gasteiger partial charge in [0.15, 0.2) is 0 Å². The summed E-state index contributed by atoms with van der Waals surface area (Å²) in [5.74, 6) is -1.64. The van der Waals surface area contributed by atoms with E-state index in [0.717, 1.165) is 39.8 Å². The van der Waals surface area contributed by atoms with Crippen molar-refractivity contribution in [2.75, 3.05) is 0 Å². The number of alkyl halides is 1. The lowest BCUT2D eigenvalue weighted by atomic mass is 9.90. The molecule has 0 spiro atoms. The van der Waals surface area contributed by atoms with Crippen LogP contribution in [0.3, 0.4) is 0 Å². The molecule has 0 radical (unpaired) electrons. The molecule has 1 aromatic heterocycles. The molecule has 3 aromatic carbocycles. The van der Waals surface area contributed by atoms with E-state index in [9.17, 15) is 9.18 Å². The number of aliphatic hydroxyl groups excluding tert-OH is 1. The minimum absolute atomic E-state index is 0.237. The molecule has 0 bridgehead atoms. The highest BCUT2D eigenvalue weighted by Gasteiger charge is 2.35. The molecule has 9 heteroatoms. The number of carboxylic acid groups (broad SMARTS) is 1. The molecule has 0 saturated carbocycles.